The van der Waals surface area contributed by atoms with E-state index < -0.39 is 0 Å². The van der Waals surface area contributed by atoms with Crippen molar-refractivity contribution >= 4 is 28.3 Å². The van der Waals surface area contributed by atoms with Gasteiger partial charge in [-0.25, -0.2) is 0 Å². The molecule has 0 aliphatic carbocycles. The largest absolute Gasteiger partial charge is 0.394 e. The zero-order valence-corrected chi connectivity index (χ0v) is 11.9. The lowest BCUT2D eigenvalue weighted by atomic mass is 10.2. The topological polar surface area (TPSA) is 110 Å². The molecule has 0 saturated heterocycles. The van der Waals surface area contributed by atoms with Gasteiger partial charge < -0.3 is 26.2 Å². The summed E-state index contributed by atoms with van der Waals surface area (Å²) in [6.07, 6.45) is 0. The van der Waals surface area contributed by atoms with Crippen molar-refractivity contribution in [2.45, 2.75) is 19.9 Å². The first-order valence-electron chi connectivity index (χ1n) is 6.04. The first-order chi connectivity index (χ1) is 9.06. The fourth-order valence-corrected chi connectivity index (χ4v) is 2.12. The number of ether oxygens (including phenoxy) is 1. The number of hydrogen-bond acceptors (Lipinski definition) is 7. The van der Waals surface area contributed by atoms with Crippen LogP contribution in [0.2, 0.25) is 0 Å². The van der Waals surface area contributed by atoms with Gasteiger partial charge in [0.1, 0.15) is 10.6 Å². The summed E-state index contributed by atoms with van der Waals surface area (Å²) in [5.74, 6) is -0.0121. The summed E-state index contributed by atoms with van der Waals surface area (Å²) in [7, 11) is 0. The number of anilines is 2. The summed E-state index contributed by atoms with van der Waals surface area (Å²) in [6, 6.07) is 0.0348. The third-order valence-electron chi connectivity index (χ3n) is 2.13. The van der Waals surface area contributed by atoms with E-state index in [9.17, 15) is 4.79 Å². The molecule has 7 nitrogen and oxygen atoms in total. The van der Waals surface area contributed by atoms with E-state index in [4.69, 9.17) is 15.6 Å². The maximum absolute atomic E-state index is 12.0. The molecule has 1 rings (SSSR count). The normalized spacial score (nSPS) is 10.7. The predicted octanol–water partition coefficient (Wildman–Crippen LogP) is 0.284. The summed E-state index contributed by atoms with van der Waals surface area (Å²) in [5.41, 5.74) is 6.08. The van der Waals surface area contributed by atoms with Crippen molar-refractivity contribution in [1.82, 2.24) is 9.69 Å². The van der Waals surface area contributed by atoms with Gasteiger partial charge in [-0.3, -0.25) is 4.79 Å². The number of carbonyl (C=O) groups is 1. The fourth-order valence-electron chi connectivity index (χ4n) is 1.38. The van der Waals surface area contributed by atoms with Gasteiger partial charge in [-0.2, -0.15) is 4.37 Å². The Morgan fingerprint density at radius 2 is 2.26 bits per heavy atom. The average Bonchev–Trinajstić information content (AvgIpc) is 2.69. The van der Waals surface area contributed by atoms with Crippen LogP contribution < -0.4 is 16.4 Å². The summed E-state index contributed by atoms with van der Waals surface area (Å²) >= 11 is 1.14. The molecule has 0 aromatic carbocycles. The van der Waals surface area contributed by atoms with Gasteiger partial charge in [0.15, 0.2) is 5.82 Å². The molecular weight excluding hydrogens is 268 g/mol. The number of nitrogen functional groups attached to an aromatic ring is 1. The lowest BCUT2D eigenvalue weighted by molar-refractivity contribution is 0.0944. The Labute approximate surface area is 116 Å². The van der Waals surface area contributed by atoms with E-state index in [2.05, 4.69) is 15.0 Å². The molecule has 19 heavy (non-hydrogen) atoms. The Bertz CT molecular complexity index is 409. The monoisotopic (exact) mass is 288 g/mol. The number of hydrogen-bond donors (Lipinski definition) is 4. The lowest BCUT2D eigenvalue weighted by Crippen LogP contribution is -2.31. The molecule has 0 bridgehead atoms. The highest BCUT2D eigenvalue weighted by molar-refractivity contribution is 7.11. The molecular formula is C11H20N4O3S. The maximum atomic E-state index is 12.0. The number of amides is 1. The number of carbonyl (C=O) groups excluding carboxylic acids is 1. The molecule has 0 unspecified atom stereocenters. The molecule has 8 heteroatoms. The number of nitrogens with two attached hydrogens (primary N) is 1. The first kappa shape index (κ1) is 15.7. The van der Waals surface area contributed by atoms with Crippen molar-refractivity contribution in [2.24, 2.45) is 0 Å². The Morgan fingerprint density at radius 1 is 1.53 bits per heavy atom. The number of aromatic nitrogens is 1. The van der Waals surface area contributed by atoms with Gasteiger partial charge in [0, 0.05) is 12.6 Å². The van der Waals surface area contributed by atoms with Crippen LogP contribution in [-0.4, -0.2) is 47.8 Å². The number of aliphatic hydroxyl groups is 1. The van der Waals surface area contributed by atoms with Crippen molar-refractivity contribution in [1.29, 1.82) is 0 Å². The predicted molar refractivity (Wildman–Crippen MR) is 75.5 cm³/mol. The van der Waals surface area contributed by atoms with E-state index >= 15 is 0 Å². The van der Waals surface area contributed by atoms with Crippen molar-refractivity contribution < 1.29 is 14.6 Å². The molecule has 1 aromatic rings. The van der Waals surface area contributed by atoms with Crippen LogP contribution in [0.15, 0.2) is 0 Å². The number of rotatable bonds is 8. The molecule has 0 atom stereocenters. The molecule has 0 aliphatic heterocycles. The van der Waals surface area contributed by atoms with Gasteiger partial charge >= 0.3 is 0 Å². The Hall–Kier alpha value is -1.38. The number of nitrogens with zero attached hydrogens (tertiary/aromatic N) is 1. The van der Waals surface area contributed by atoms with E-state index in [-0.39, 0.29) is 24.4 Å². The molecule has 1 aromatic heterocycles. The molecule has 5 N–H and O–H groups in total. The lowest BCUT2D eigenvalue weighted by Gasteiger charge is -2.10. The van der Waals surface area contributed by atoms with E-state index in [0.717, 1.165) is 11.5 Å². The second-order valence-corrected chi connectivity index (χ2v) is 4.94. The molecule has 0 aliphatic rings. The average molecular weight is 288 g/mol. The molecule has 0 radical (unpaired) electrons. The molecule has 0 spiro atoms. The van der Waals surface area contributed by atoms with Gasteiger partial charge in [-0.15, -0.1) is 0 Å². The van der Waals surface area contributed by atoms with Crippen LogP contribution in [0.4, 0.5) is 10.8 Å². The SMILES string of the molecule is CC(C)NC(=O)c1c(N)nsc1NCCOCCO. The van der Waals surface area contributed by atoms with Gasteiger partial charge in [0.25, 0.3) is 5.91 Å². The third kappa shape index (κ3) is 5.01. The van der Waals surface area contributed by atoms with Gasteiger partial charge in [-0.05, 0) is 25.4 Å². The number of aliphatic hydroxyl groups excluding tert-OH is 1. The van der Waals surface area contributed by atoms with Crippen LogP contribution in [0.3, 0.4) is 0 Å². The van der Waals surface area contributed by atoms with Crippen LogP contribution in [0, 0.1) is 0 Å². The van der Waals surface area contributed by atoms with Crippen molar-refractivity contribution in [3.05, 3.63) is 5.56 Å². The van der Waals surface area contributed by atoms with E-state index in [1.165, 1.54) is 0 Å². The van der Waals surface area contributed by atoms with E-state index in [1.807, 2.05) is 13.8 Å². The Balaban J connectivity index is 2.56. The zero-order valence-electron chi connectivity index (χ0n) is 11.1. The molecule has 1 amide bonds. The molecule has 108 valence electrons. The molecule has 1 heterocycles. The van der Waals surface area contributed by atoms with Gasteiger partial charge in [0.2, 0.25) is 0 Å². The molecule has 0 saturated carbocycles. The van der Waals surface area contributed by atoms with Crippen LogP contribution >= 0.6 is 11.5 Å². The minimum Gasteiger partial charge on any atom is -0.394 e. The summed E-state index contributed by atoms with van der Waals surface area (Å²) in [4.78, 5) is 12.0. The highest BCUT2D eigenvalue weighted by Crippen LogP contribution is 2.26. The van der Waals surface area contributed by atoms with Crippen LogP contribution in [0.5, 0.6) is 0 Å². The molecule has 0 fully saturated rings. The Kier molecular flexibility index (Phi) is 6.54. The standard InChI is InChI=1S/C11H20N4O3S/c1-7(2)14-10(17)8-9(12)15-19-11(8)13-3-5-18-6-4-16/h7,13,16H,3-6H2,1-2H3,(H2,12,15)(H,14,17). The van der Waals surface area contributed by atoms with Gasteiger partial charge in [-0.1, -0.05) is 0 Å². The Morgan fingerprint density at radius 3 is 2.89 bits per heavy atom. The van der Waals surface area contributed by atoms with Crippen LogP contribution in [0.25, 0.3) is 0 Å². The summed E-state index contributed by atoms with van der Waals surface area (Å²) in [5, 5.41) is 15.0. The van der Waals surface area contributed by atoms with Gasteiger partial charge in [0.05, 0.1) is 19.8 Å². The quantitative estimate of drug-likeness (QED) is 0.512. The van der Waals surface area contributed by atoms with Crippen molar-refractivity contribution in [2.75, 3.05) is 37.4 Å². The van der Waals surface area contributed by atoms with Crippen molar-refractivity contribution in [3.63, 3.8) is 0 Å². The highest BCUT2D eigenvalue weighted by Gasteiger charge is 2.19. The highest BCUT2D eigenvalue weighted by atomic mass is 32.1. The second kappa shape index (κ2) is 7.93. The van der Waals surface area contributed by atoms with Crippen LogP contribution in [0.1, 0.15) is 24.2 Å². The summed E-state index contributed by atoms with van der Waals surface area (Å²) in [6.45, 7) is 5.00. The zero-order chi connectivity index (χ0) is 14.3. The smallest absolute Gasteiger partial charge is 0.258 e. The summed E-state index contributed by atoms with van der Waals surface area (Å²) < 4.78 is 9.09. The first-order valence-corrected chi connectivity index (χ1v) is 6.82. The van der Waals surface area contributed by atoms with Crippen LogP contribution in [-0.2, 0) is 4.74 Å². The minimum atomic E-state index is -0.236. The van der Waals surface area contributed by atoms with E-state index in [0.29, 0.717) is 30.3 Å². The maximum Gasteiger partial charge on any atom is 0.258 e. The minimum absolute atomic E-state index is 0.00441. The van der Waals surface area contributed by atoms with E-state index in [1.54, 1.807) is 0 Å². The fraction of sp³-hybridized carbons (Fsp3) is 0.636. The van der Waals surface area contributed by atoms with Crippen molar-refractivity contribution in [3.8, 4) is 0 Å². The number of nitrogens with one attached hydrogen (secondary N) is 2. The third-order valence-corrected chi connectivity index (χ3v) is 2.95. The second-order valence-electron chi connectivity index (χ2n) is 4.16.